The van der Waals surface area contributed by atoms with Crippen LogP contribution in [-0.4, -0.2) is 4.98 Å². The summed E-state index contributed by atoms with van der Waals surface area (Å²) in [6, 6.07) is 0. The second-order valence-electron chi connectivity index (χ2n) is 2.38. The minimum Gasteiger partial charge on any atom is -0.389 e. The molecule has 2 nitrogen and oxygen atoms in total. The van der Waals surface area contributed by atoms with E-state index < -0.39 is 0 Å². The third-order valence-electron chi connectivity index (χ3n) is 1.59. The van der Waals surface area contributed by atoms with E-state index in [2.05, 4.69) is 4.98 Å². The van der Waals surface area contributed by atoms with Gasteiger partial charge in [-0.05, 0) is 12.8 Å². The van der Waals surface area contributed by atoms with E-state index in [9.17, 15) is 0 Å². The molecule has 1 aliphatic carbocycles. The summed E-state index contributed by atoms with van der Waals surface area (Å²) in [4.78, 5) is 4.17. The molecule has 1 heterocycles. The van der Waals surface area contributed by atoms with Crippen molar-refractivity contribution in [2.45, 2.75) is 18.8 Å². The zero-order valence-electron chi connectivity index (χ0n) is 5.82. The molecule has 1 aromatic heterocycles. The summed E-state index contributed by atoms with van der Waals surface area (Å²) < 4.78 is 0. The Labute approximate surface area is 82.0 Å². The minimum absolute atomic E-state index is 0. The number of aromatic nitrogens is 1. The Balaban J connectivity index is 0.000000500. The van der Waals surface area contributed by atoms with Crippen molar-refractivity contribution in [1.29, 1.82) is 0 Å². The Morgan fingerprint density at radius 3 is 2.45 bits per heavy atom. The quantitative estimate of drug-likeness (QED) is 0.778. The van der Waals surface area contributed by atoms with E-state index in [0.717, 1.165) is 10.7 Å². The number of nitrogens with two attached hydrogens (primary N) is 1. The standard InChI is InChI=1S/C6H8N2S.2ClH/c7-6-5(4-1-2-4)8-3-9-6;;/h3-4H,1-2,7H2;2*1H. The first-order valence-corrected chi connectivity index (χ1v) is 3.95. The zero-order chi connectivity index (χ0) is 6.27. The highest BCUT2D eigenvalue weighted by molar-refractivity contribution is 7.13. The van der Waals surface area contributed by atoms with E-state index in [1.54, 1.807) is 0 Å². The van der Waals surface area contributed by atoms with Crippen molar-refractivity contribution < 1.29 is 0 Å². The number of anilines is 1. The van der Waals surface area contributed by atoms with E-state index in [-0.39, 0.29) is 24.8 Å². The lowest BCUT2D eigenvalue weighted by Gasteiger charge is -1.88. The van der Waals surface area contributed by atoms with Gasteiger partial charge in [0.1, 0.15) is 5.00 Å². The number of nitrogen functional groups attached to an aromatic ring is 1. The lowest BCUT2D eigenvalue weighted by molar-refractivity contribution is 1.05. The Hall–Kier alpha value is 0.01000. The predicted octanol–water partition coefficient (Wildman–Crippen LogP) is 2.45. The van der Waals surface area contributed by atoms with Crippen LogP contribution in [0, 0.1) is 0 Å². The molecule has 0 aliphatic heterocycles. The highest BCUT2D eigenvalue weighted by Gasteiger charge is 2.27. The minimum atomic E-state index is 0. The van der Waals surface area contributed by atoms with Gasteiger partial charge >= 0.3 is 0 Å². The summed E-state index contributed by atoms with van der Waals surface area (Å²) in [6.45, 7) is 0. The summed E-state index contributed by atoms with van der Waals surface area (Å²) in [5, 5.41) is 0.914. The molecule has 0 unspecified atom stereocenters. The molecule has 64 valence electrons. The number of thiazole rings is 1. The van der Waals surface area contributed by atoms with Gasteiger partial charge in [-0.1, -0.05) is 0 Å². The molecule has 2 N–H and O–H groups in total. The molecular formula is C6H10Cl2N2S. The van der Waals surface area contributed by atoms with Gasteiger partial charge in [0, 0.05) is 5.92 Å². The molecule has 11 heavy (non-hydrogen) atoms. The van der Waals surface area contributed by atoms with Crippen molar-refractivity contribution >= 4 is 41.2 Å². The third kappa shape index (κ3) is 2.22. The number of rotatable bonds is 1. The number of hydrogen-bond donors (Lipinski definition) is 1. The van der Waals surface area contributed by atoms with Crippen LogP contribution in [0.3, 0.4) is 0 Å². The molecule has 1 fully saturated rings. The maximum absolute atomic E-state index is 5.64. The van der Waals surface area contributed by atoms with Gasteiger partial charge in [-0.15, -0.1) is 36.2 Å². The molecule has 5 heteroatoms. The lowest BCUT2D eigenvalue weighted by Crippen LogP contribution is -1.86. The zero-order valence-corrected chi connectivity index (χ0v) is 8.27. The average Bonchev–Trinajstić information content (AvgIpc) is 2.58. The van der Waals surface area contributed by atoms with E-state index in [4.69, 9.17) is 5.73 Å². The van der Waals surface area contributed by atoms with Gasteiger partial charge in [0.25, 0.3) is 0 Å². The highest BCUT2D eigenvalue weighted by Crippen LogP contribution is 2.42. The molecule has 0 radical (unpaired) electrons. The second kappa shape index (κ2) is 4.14. The van der Waals surface area contributed by atoms with Gasteiger partial charge in [-0.3, -0.25) is 0 Å². The summed E-state index contributed by atoms with van der Waals surface area (Å²) in [6.07, 6.45) is 2.57. The van der Waals surface area contributed by atoms with Crippen LogP contribution in [0.4, 0.5) is 5.00 Å². The molecule has 0 spiro atoms. The summed E-state index contributed by atoms with van der Waals surface area (Å²) in [7, 11) is 0. The van der Waals surface area contributed by atoms with Gasteiger partial charge in [0.2, 0.25) is 0 Å². The number of nitrogens with zero attached hydrogens (tertiary/aromatic N) is 1. The van der Waals surface area contributed by atoms with Crippen molar-refractivity contribution in [1.82, 2.24) is 4.98 Å². The Bertz CT molecular complexity index is 222. The highest BCUT2D eigenvalue weighted by atomic mass is 35.5. The van der Waals surface area contributed by atoms with Gasteiger partial charge < -0.3 is 5.73 Å². The third-order valence-corrected chi connectivity index (χ3v) is 2.26. The van der Waals surface area contributed by atoms with Gasteiger partial charge in [-0.2, -0.15) is 0 Å². The van der Waals surface area contributed by atoms with E-state index in [1.165, 1.54) is 24.2 Å². The predicted molar refractivity (Wildman–Crippen MR) is 53.0 cm³/mol. The normalized spacial score (nSPS) is 14.9. The Morgan fingerprint density at radius 1 is 1.45 bits per heavy atom. The number of hydrogen-bond acceptors (Lipinski definition) is 3. The average molecular weight is 213 g/mol. The lowest BCUT2D eigenvalue weighted by atomic mass is 10.3. The Kier molecular flexibility index (Phi) is 4.14. The van der Waals surface area contributed by atoms with Crippen LogP contribution < -0.4 is 5.73 Å². The smallest absolute Gasteiger partial charge is 0.109 e. The molecule has 0 bridgehead atoms. The fourth-order valence-corrected chi connectivity index (χ4v) is 1.55. The molecular weight excluding hydrogens is 203 g/mol. The molecule has 1 aromatic rings. The number of halogens is 2. The monoisotopic (exact) mass is 212 g/mol. The topological polar surface area (TPSA) is 38.9 Å². The molecule has 2 rings (SSSR count). The van der Waals surface area contributed by atoms with Crippen LogP contribution in [0.1, 0.15) is 24.5 Å². The Morgan fingerprint density at radius 2 is 2.09 bits per heavy atom. The fourth-order valence-electron chi connectivity index (χ4n) is 0.927. The summed E-state index contributed by atoms with van der Waals surface area (Å²) in [5.41, 5.74) is 8.60. The first kappa shape index (κ1) is 11.0. The van der Waals surface area contributed by atoms with Crippen molar-refractivity contribution in [3.63, 3.8) is 0 Å². The van der Waals surface area contributed by atoms with Gasteiger partial charge in [0.05, 0.1) is 11.2 Å². The van der Waals surface area contributed by atoms with Crippen molar-refractivity contribution in [2.75, 3.05) is 5.73 Å². The van der Waals surface area contributed by atoms with Crippen molar-refractivity contribution in [3.05, 3.63) is 11.2 Å². The van der Waals surface area contributed by atoms with Crippen LogP contribution in [0.5, 0.6) is 0 Å². The maximum atomic E-state index is 5.64. The van der Waals surface area contributed by atoms with Crippen molar-refractivity contribution in [3.8, 4) is 0 Å². The maximum Gasteiger partial charge on any atom is 0.109 e. The SMILES string of the molecule is Cl.Cl.Nc1scnc1C1CC1. The molecule has 0 aromatic carbocycles. The van der Waals surface area contributed by atoms with Crippen LogP contribution in [0.25, 0.3) is 0 Å². The molecule has 0 atom stereocenters. The van der Waals surface area contributed by atoms with Gasteiger partial charge in [0.15, 0.2) is 0 Å². The summed E-state index contributed by atoms with van der Waals surface area (Å²) >= 11 is 1.54. The van der Waals surface area contributed by atoms with E-state index >= 15 is 0 Å². The second-order valence-corrected chi connectivity index (χ2v) is 3.26. The van der Waals surface area contributed by atoms with Crippen LogP contribution >= 0.6 is 36.2 Å². The first-order valence-electron chi connectivity index (χ1n) is 3.07. The fraction of sp³-hybridized carbons (Fsp3) is 0.500. The van der Waals surface area contributed by atoms with E-state index in [0.29, 0.717) is 5.92 Å². The van der Waals surface area contributed by atoms with Crippen molar-refractivity contribution in [2.24, 2.45) is 0 Å². The molecule has 0 saturated heterocycles. The largest absolute Gasteiger partial charge is 0.389 e. The molecule has 0 amide bonds. The van der Waals surface area contributed by atoms with Crippen LogP contribution in [-0.2, 0) is 0 Å². The van der Waals surface area contributed by atoms with Crippen LogP contribution in [0.2, 0.25) is 0 Å². The molecule has 1 aliphatic rings. The molecule has 1 saturated carbocycles. The first-order chi connectivity index (χ1) is 4.38. The van der Waals surface area contributed by atoms with Gasteiger partial charge in [-0.25, -0.2) is 4.98 Å². The summed E-state index contributed by atoms with van der Waals surface area (Å²) in [5.74, 6) is 0.705. The van der Waals surface area contributed by atoms with E-state index in [1.807, 2.05) is 5.51 Å². The van der Waals surface area contributed by atoms with Crippen LogP contribution in [0.15, 0.2) is 5.51 Å².